The molecule has 56 valence electrons. The van der Waals surface area contributed by atoms with Gasteiger partial charge in [-0.15, -0.1) is 0 Å². The van der Waals surface area contributed by atoms with Crippen LogP contribution in [0.4, 0.5) is 0 Å². The summed E-state index contributed by atoms with van der Waals surface area (Å²) >= 11 is -1.69. The van der Waals surface area contributed by atoms with Gasteiger partial charge in [0.15, 0.2) is 0 Å². The summed E-state index contributed by atoms with van der Waals surface area (Å²) in [6, 6.07) is 0. The molecule has 0 heterocycles. The van der Waals surface area contributed by atoms with E-state index >= 15 is 0 Å². The SMILES string of the molecule is OCCCC=[C]=[Ru]([Cl])[Cl]. The summed E-state index contributed by atoms with van der Waals surface area (Å²) < 4.78 is 2.82. The molecule has 0 rings (SSSR count). The van der Waals surface area contributed by atoms with Gasteiger partial charge < -0.3 is 0 Å². The van der Waals surface area contributed by atoms with E-state index in [-0.39, 0.29) is 6.61 Å². The predicted octanol–water partition coefficient (Wildman–Crippen LogP) is 1.64. The van der Waals surface area contributed by atoms with Crippen molar-refractivity contribution in [3.05, 3.63) is 6.08 Å². The Kier molecular flexibility index (Phi) is 7.55. The fourth-order valence-electron chi connectivity index (χ4n) is 0.299. The van der Waals surface area contributed by atoms with Crippen LogP contribution in [0.1, 0.15) is 12.8 Å². The van der Waals surface area contributed by atoms with E-state index in [2.05, 4.69) is 4.26 Å². The average molecular weight is 256 g/mol. The molecule has 0 fully saturated rings. The van der Waals surface area contributed by atoms with Gasteiger partial charge in [-0.25, -0.2) is 0 Å². The molecule has 0 aromatic carbocycles. The molecule has 0 aliphatic carbocycles. The third-order valence-corrected chi connectivity index (χ3v) is 2.30. The van der Waals surface area contributed by atoms with Gasteiger partial charge in [0.05, 0.1) is 0 Å². The molecule has 0 spiro atoms. The first-order valence-electron chi connectivity index (χ1n) is 2.46. The van der Waals surface area contributed by atoms with Crippen LogP contribution in [0.3, 0.4) is 0 Å². The Balaban J connectivity index is 3.36. The Bertz CT molecular complexity index is 125. The van der Waals surface area contributed by atoms with Crippen molar-refractivity contribution in [2.75, 3.05) is 6.61 Å². The van der Waals surface area contributed by atoms with E-state index in [1.54, 1.807) is 6.08 Å². The number of hydrogen-bond acceptors (Lipinski definition) is 1. The molecule has 0 saturated heterocycles. The molecule has 0 atom stereocenters. The van der Waals surface area contributed by atoms with Gasteiger partial charge in [-0.3, -0.25) is 0 Å². The second kappa shape index (κ2) is 6.93. The second-order valence-electron chi connectivity index (χ2n) is 1.36. The molecule has 4 heteroatoms. The van der Waals surface area contributed by atoms with Gasteiger partial charge in [0.25, 0.3) is 0 Å². The zero-order valence-corrected chi connectivity index (χ0v) is 8.01. The van der Waals surface area contributed by atoms with Crippen LogP contribution < -0.4 is 0 Å². The molecule has 9 heavy (non-hydrogen) atoms. The topological polar surface area (TPSA) is 20.2 Å². The van der Waals surface area contributed by atoms with Crippen molar-refractivity contribution in [1.29, 1.82) is 0 Å². The van der Waals surface area contributed by atoms with Crippen LogP contribution in [0.15, 0.2) is 6.08 Å². The van der Waals surface area contributed by atoms with Crippen LogP contribution in [-0.2, 0) is 13.5 Å². The maximum atomic E-state index is 8.33. The van der Waals surface area contributed by atoms with Gasteiger partial charge in [-0.1, -0.05) is 0 Å². The van der Waals surface area contributed by atoms with Crippen LogP contribution >= 0.6 is 19.4 Å². The van der Waals surface area contributed by atoms with Crippen molar-refractivity contribution < 1.29 is 18.6 Å². The van der Waals surface area contributed by atoms with Crippen LogP contribution in [-0.4, -0.2) is 16.0 Å². The maximum absolute atomic E-state index is 8.33. The monoisotopic (exact) mass is 256 g/mol. The van der Waals surface area contributed by atoms with Crippen molar-refractivity contribution in [1.82, 2.24) is 0 Å². The van der Waals surface area contributed by atoms with E-state index in [9.17, 15) is 0 Å². The number of halogens is 2. The Morgan fingerprint density at radius 2 is 2.22 bits per heavy atom. The predicted molar refractivity (Wildman–Crippen MR) is 37.6 cm³/mol. The molecule has 0 radical (unpaired) electrons. The summed E-state index contributed by atoms with van der Waals surface area (Å²) in [6.07, 6.45) is 3.39. The molecular weight excluding hydrogens is 248 g/mol. The summed E-state index contributed by atoms with van der Waals surface area (Å²) in [5.41, 5.74) is 0. The fraction of sp³-hybridized carbons (Fsp3) is 0.600. The third-order valence-electron chi connectivity index (χ3n) is 0.656. The third kappa shape index (κ3) is 8.81. The Hall–Kier alpha value is 0.813. The van der Waals surface area contributed by atoms with Crippen molar-refractivity contribution in [2.24, 2.45) is 0 Å². The molecule has 0 aromatic rings. The van der Waals surface area contributed by atoms with Crippen molar-refractivity contribution >= 4 is 23.6 Å². The first-order valence-corrected chi connectivity index (χ1v) is 7.80. The first kappa shape index (κ1) is 9.81. The van der Waals surface area contributed by atoms with Gasteiger partial charge in [-0.2, -0.15) is 0 Å². The van der Waals surface area contributed by atoms with Crippen LogP contribution in [0, 0.1) is 0 Å². The van der Waals surface area contributed by atoms with Gasteiger partial charge in [-0.05, 0) is 0 Å². The molecule has 1 nitrogen and oxygen atoms in total. The molecule has 1 N–H and O–H groups in total. The average Bonchev–Trinajstić information content (AvgIpc) is 1.80. The molecule has 0 unspecified atom stereocenters. The number of hydrogen-bond donors (Lipinski definition) is 1. The van der Waals surface area contributed by atoms with E-state index in [0.29, 0.717) is 0 Å². The molecule has 0 saturated carbocycles. The Labute approximate surface area is 67.8 Å². The summed E-state index contributed by atoms with van der Waals surface area (Å²) in [5.74, 6) is 0. The number of aliphatic hydroxyl groups excluding tert-OH is 1. The number of unbranched alkanes of at least 4 members (excludes halogenated alkanes) is 1. The van der Waals surface area contributed by atoms with Crippen molar-refractivity contribution in [3.8, 4) is 0 Å². The Morgan fingerprint density at radius 3 is 2.67 bits per heavy atom. The van der Waals surface area contributed by atoms with Gasteiger partial charge in [0, 0.05) is 0 Å². The minimum absolute atomic E-state index is 0.218. The van der Waals surface area contributed by atoms with E-state index in [1.165, 1.54) is 0 Å². The van der Waals surface area contributed by atoms with E-state index in [0.717, 1.165) is 12.8 Å². The number of rotatable bonds is 3. The molecule has 0 amide bonds. The van der Waals surface area contributed by atoms with E-state index in [1.807, 2.05) is 0 Å². The standard InChI is InChI=1S/C5H8O.2ClH.Ru/c1-2-3-4-5-6;;;/h2,6H,3-5H2;2*1H;/q;;;+2/p-2. The van der Waals surface area contributed by atoms with Crippen LogP contribution in [0.2, 0.25) is 0 Å². The summed E-state index contributed by atoms with van der Waals surface area (Å²) in [7, 11) is 10.9. The summed E-state index contributed by atoms with van der Waals surface area (Å²) in [6.45, 7) is 0.218. The molecule has 0 aliphatic heterocycles. The van der Waals surface area contributed by atoms with Crippen molar-refractivity contribution in [3.63, 3.8) is 0 Å². The van der Waals surface area contributed by atoms with Crippen molar-refractivity contribution in [2.45, 2.75) is 12.8 Å². The minimum atomic E-state index is -1.69. The molecule has 0 aliphatic rings. The zero-order valence-electron chi connectivity index (χ0n) is 4.76. The van der Waals surface area contributed by atoms with Gasteiger partial charge >= 0.3 is 67.8 Å². The number of aliphatic hydroxyl groups is 1. The van der Waals surface area contributed by atoms with Crippen LogP contribution in [0.25, 0.3) is 0 Å². The fourth-order valence-corrected chi connectivity index (χ4v) is 1.46. The summed E-state index contributed by atoms with van der Waals surface area (Å²) in [5, 5.41) is 8.33. The summed E-state index contributed by atoms with van der Waals surface area (Å²) in [4.78, 5) is 0. The molecular formula is C5H8Cl2ORu. The first-order chi connectivity index (χ1) is 4.27. The van der Waals surface area contributed by atoms with Gasteiger partial charge in [0.2, 0.25) is 0 Å². The quantitative estimate of drug-likeness (QED) is 0.601. The normalized spacial score (nSPS) is 10.3. The van der Waals surface area contributed by atoms with Crippen LogP contribution in [0.5, 0.6) is 0 Å². The molecule has 0 bridgehead atoms. The zero-order chi connectivity index (χ0) is 7.11. The second-order valence-corrected chi connectivity index (χ2v) is 6.73. The van der Waals surface area contributed by atoms with E-state index in [4.69, 9.17) is 24.5 Å². The van der Waals surface area contributed by atoms with Gasteiger partial charge in [0.1, 0.15) is 0 Å². The Morgan fingerprint density at radius 1 is 1.56 bits per heavy atom. The number of allylic oxidation sites excluding steroid dienone is 1. The molecule has 0 aromatic heterocycles. The van der Waals surface area contributed by atoms with E-state index < -0.39 is 13.5 Å².